The predicted molar refractivity (Wildman–Crippen MR) is 97.3 cm³/mol. The van der Waals surface area contributed by atoms with Gasteiger partial charge in [-0.3, -0.25) is 4.79 Å². The van der Waals surface area contributed by atoms with Crippen molar-refractivity contribution in [2.24, 2.45) is 0 Å². The molecule has 0 aliphatic carbocycles. The third kappa shape index (κ3) is 3.33. The van der Waals surface area contributed by atoms with Crippen LogP contribution in [0, 0.1) is 0 Å². The molecule has 0 saturated carbocycles. The number of hydrogen-bond acceptors (Lipinski definition) is 3. The highest BCUT2D eigenvalue weighted by Crippen LogP contribution is 2.28. The van der Waals surface area contributed by atoms with Crippen LogP contribution in [0.25, 0.3) is 10.2 Å². The molecule has 0 radical (unpaired) electrons. The van der Waals surface area contributed by atoms with Gasteiger partial charge in [-0.15, -0.1) is 11.3 Å². The summed E-state index contributed by atoms with van der Waals surface area (Å²) in [5.74, 6) is 0.345. The van der Waals surface area contributed by atoms with Gasteiger partial charge < -0.3 is 9.80 Å². The Kier molecular flexibility index (Phi) is 4.81. The van der Waals surface area contributed by atoms with Crippen LogP contribution in [0.2, 0.25) is 0 Å². The first-order valence-electron chi connectivity index (χ1n) is 9.29. The quantitative estimate of drug-likeness (QED) is 0.928. The maximum Gasteiger partial charge on any atom is 0.277 e. The van der Waals surface area contributed by atoms with Crippen molar-refractivity contribution in [3.05, 3.63) is 29.3 Å². The van der Waals surface area contributed by atoms with E-state index in [4.69, 9.17) is 4.98 Å². The maximum atomic E-state index is 12.7. The summed E-state index contributed by atoms with van der Waals surface area (Å²) in [7, 11) is 0. The standard InChI is InChI=1S/C19H25N3OS/c23-18(21-11-5-1-6-12-21)14-22-13-7-4-9-16(22)19-20-15-8-2-3-10-17(15)24-19/h2-3,8,10,16H,1,4-7,9,11-14H2/p+1/t16-/m0/s1. The van der Waals surface area contributed by atoms with Gasteiger partial charge in [-0.25, -0.2) is 4.98 Å². The van der Waals surface area contributed by atoms with E-state index in [2.05, 4.69) is 29.2 Å². The number of carbonyl (C=O) groups is 1. The molecule has 1 unspecified atom stereocenters. The summed E-state index contributed by atoms with van der Waals surface area (Å²) in [5.41, 5.74) is 1.10. The first kappa shape index (κ1) is 16.0. The topological polar surface area (TPSA) is 37.6 Å². The molecule has 1 aromatic heterocycles. The average Bonchev–Trinajstić information content (AvgIpc) is 3.07. The Balaban J connectivity index is 1.51. The number of nitrogens with one attached hydrogen (secondary N) is 1. The fourth-order valence-electron chi connectivity index (χ4n) is 4.08. The van der Waals surface area contributed by atoms with Gasteiger partial charge in [-0.05, 0) is 44.2 Å². The summed E-state index contributed by atoms with van der Waals surface area (Å²) in [6, 6.07) is 8.77. The van der Waals surface area contributed by atoms with Crippen molar-refractivity contribution >= 4 is 27.5 Å². The minimum atomic E-state index is 0.345. The van der Waals surface area contributed by atoms with E-state index in [0.717, 1.165) is 31.6 Å². The van der Waals surface area contributed by atoms with E-state index in [0.29, 0.717) is 18.5 Å². The molecule has 2 aliphatic heterocycles. The van der Waals surface area contributed by atoms with E-state index in [1.54, 1.807) is 0 Å². The first-order valence-corrected chi connectivity index (χ1v) is 10.1. The lowest BCUT2D eigenvalue weighted by Crippen LogP contribution is -3.14. The molecule has 1 amide bonds. The van der Waals surface area contributed by atoms with Gasteiger partial charge in [-0.2, -0.15) is 0 Å². The Morgan fingerprint density at radius 3 is 2.83 bits per heavy atom. The monoisotopic (exact) mass is 344 g/mol. The van der Waals surface area contributed by atoms with Crippen molar-refractivity contribution in [3.8, 4) is 0 Å². The Hall–Kier alpha value is -1.46. The van der Waals surface area contributed by atoms with E-state index in [9.17, 15) is 4.79 Å². The molecule has 2 aromatic rings. The number of hydrogen-bond donors (Lipinski definition) is 1. The second kappa shape index (κ2) is 7.19. The first-order chi connectivity index (χ1) is 11.8. The number of para-hydroxylation sites is 1. The molecule has 1 aromatic carbocycles. The molecule has 1 N–H and O–H groups in total. The minimum absolute atomic E-state index is 0.345. The number of likely N-dealkylation sites (tertiary alicyclic amines) is 2. The number of quaternary nitrogens is 1. The molecule has 3 heterocycles. The van der Waals surface area contributed by atoms with Gasteiger partial charge in [0.05, 0.1) is 16.8 Å². The minimum Gasteiger partial charge on any atom is -0.338 e. The zero-order valence-corrected chi connectivity index (χ0v) is 15.0. The highest BCUT2D eigenvalue weighted by Gasteiger charge is 2.33. The molecule has 0 spiro atoms. The van der Waals surface area contributed by atoms with Gasteiger partial charge in [0.15, 0.2) is 11.6 Å². The fraction of sp³-hybridized carbons (Fsp3) is 0.579. The van der Waals surface area contributed by atoms with Crippen molar-refractivity contribution in [2.45, 2.75) is 44.6 Å². The number of carbonyl (C=O) groups excluding carboxylic acids is 1. The Morgan fingerprint density at radius 2 is 2.00 bits per heavy atom. The summed E-state index contributed by atoms with van der Waals surface area (Å²) in [6.07, 6.45) is 7.24. The van der Waals surface area contributed by atoms with Crippen LogP contribution in [0.4, 0.5) is 0 Å². The lowest BCUT2D eigenvalue weighted by atomic mass is 10.0. The van der Waals surface area contributed by atoms with E-state index < -0.39 is 0 Å². The Labute approximate surface area is 147 Å². The predicted octanol–water partition coefficient (Wildman–Crippen LogP) is 2.42. The summed E-state index contributed by atoms with van der Waals surface area (Å²) in [6.45, 7) is 3.65. The number of piperidine rings is 2. The zero-order valence-electron chi connectivity index (χ0n) is 14.2. The number of aromatic nitrogens is 1. The summed E-state index contributed by atoms with van der Waals surface area (Å²) >= 11 is 1.81. The number of nitrogens with zero attached hydrogens (tertiary/aromatic N) is 2. The molecular formula is C19H26N3OS+. The molecule has 128 valence electrons. The lowest BCUT2D eigenvalue weighted by Gasteiger charge is -2.33. The number of fused-ring (bicyclic) bond motifs is 1. The molecule has 24 heavy (non-hydrogen) atoms. The molecule has 0 bridgehead atoms. The second-order valence-corrected chi connectivity index (χ2v) is 8.16. The Bertz CT molecular complexity index is 674. The smallest absolute Gasteiger partial charge is 0.277 e. The van der Waals surface area contributed by atoms with Gasteiger partial charge in [0.2, 0.25) is 0 Å². The second-order valence-electron chi connectivity index (χ2n) is 7.09. The molecule has 2 aliphatic rings. The molecule has 4 rings (SSSR count). The van der Waals surface area contributed by atoms with Gasteiger partial charge >= 0.3 is 0 Å². The maximum absolute atomic E-state index is 12.7. The lowest BCUT2D eigenvalue weighted by molar-refractivity contribution is -0.929. The number of thiazole rings is 1. The average molecular weight is 345 g/mol. The number of rotatable bonds is 3. The largest absolute Gasteiger partial charge is 0.338 e. The SMILES string of the molecule is O=C(C[NH+]1CCCC[C@H]1c1nc2ccccc2s1)N1CCCCC1. The van der Waals surface area contributed by atoms with E-state index in [-0.39, 0.29) is 0 Å². The number of amides is 1. The van der Waals surface area contributed by atoms with E-state index in [1.807, 2.05) is 11.3 Å². The molecule has 4 nitrogen and oxygen atoms in total. The van der Waals surface area contributed by atoms with Crippen LogP contribution in [0.3, 0.4) is 0 Å². The zero-order chi connectivity index (χ0) is 16.4. The van der Waals surface area contributed by atoms with Gasteiger partial charge in [0.25, 0.3) is 5.91 Å². The summed E-state index contributed by atoms with van der Waals surface area (Å²) < 4.78 is 1.26. The fourth-order valence-corrected chi connectivity index (χ4v) is 5.24. The van der Waals surface area contributed by atoms with Crippen molar-refractivity contribution in [1.29, 1.82) is 0 Å². The third-order valence-corrected chi connectivity index (χ3v) is 6.58. The van der Waals surface area contributed by atoms with E-state index >= 15 is 0 Å². The van der Waals surface area contributed by atoms with Crippen LogP contribution in [-0.4, -0.2) is 42.0 Å². The van der Waals surface area contributed by atoms with Crippen LogP contribution in [0.15, 0.2) is 24.3 Å². The van der Waals surface area contributed by atoms with Gasteiger partial charge in [0.1, 0.15) is 6.04 Å². The van der Waals surface area contributed by atoms with Crippen molar-refractivity contribution < 1.29 is 9.69 Å². The van der Waals surface area contributed by atoms with Crippen LogP contribution in [-0.2, 0) is 4.79 Å². The third-order valence-electron chi connectivity index (χ3n) is 5.43. The van der Waals surface area contributed by atoms with Gasteiger partial charge in [-0.1, -0.05) is 12.1 Å². The van der Waals surface area contributed by atoms with Crippen LogP contribution in [0.5, 0.6) is 0 Å². The highest BCUT2D eigenvalue weighted by atomic mass is 32.1. The molecule has 2 saturated heterocycles. The molecule has 2 atom stereocenters. The highest BCUT2D eigenvalue weighted by molar-refractivity contribution is 7.18. The molecular weight excluding hydrogens is 318 g/mol. The van der Waals surface area contributed by atoms with E-state index in [1.165, 1.54) is 46.7 Å². The van der Waals surface area contributed by atoms with Crippen LogP contribution in [0.1, 0.15) is 49.6 Å². The molecule has 5 heteroatoms. The normalized spacial score (nSPS) is 25.1. The van der Waals surface area contributed by atoms with Crippen LogP contribution >= 0.6 is 11.3 Å². The molecule has 2 fully saturated rings. The summed E-state index contributed by atoms with van der Waals surface area (Å²) in [4.78, 5) is 21.1. The van der Waals surface area contributed by atoms with Crippen molar-refractivity contribution in [1.82, 2.24) is 9.88 Å². The summed E-state index contributed by atoms with van der Waals surface area (Å²) in [5, 5.41) is 1.22. The van der Waals surface area contributed by atoms with Crippen LogP contribution < -0.4 is 4.90 Å². The van der Waals surface area contributed by atoms with Gasteiger partial charge in [0, 0.05) is 19.5 Å². The number of benzene rings is 1. The van der Waals surface area contributed by atoms with Crippen molar-refractivity contribution in [3.63, 3.8) is 0 Å². The van der Waals surface area contributed by atoms with Crippen molar-refractivity contribution in [2.75, 3.05) is 26.2 Å². The Morgan fingerprint density at radius 1 is 1.17 bits per heavy atom.